The van der Waals surface area contributed by atoms with E-state index in [0.29, 0.717) is 22.6 Å². The molecule has 0 amide bonds. The van der Waals surface area contributed by atoms with E-state index in [1.807, 2.05) is 0 Å². The van der Waals surface area contributed by atoms with Gasteiger partial charge in [0.2, 0.25) is 0 Å². The number of hydrogen-bond donors (Lipinski definition) is 1. The van der Waals surface area contributed by atoms with Crippen molar-refractivity contribution in [3.63, 3.8) is 0 Å². The molecular formula is C16H11F2N3O2. The monoisotopic (exact) mass is 315 g/mol. The van der Waals surface area contributed by atoms with Gasteiger partial charge in [-0.05, 0) is 42.5 Å². The molecule has 5 nitrogen and oxygen atoms in total. The van der Waals surface area contributed by atoms with E-state index in [1.54, 1.807) is 18.2 Å². The van der Waals surface area contributed by atoms with Gasteiger partial charge in [-0.25, -0.2) is 8.78 Å². The predicted octanol–water partition coefficient (Wildman–Crippen LogP) is 2.97. The Balaban J connectivity index is 2.08. The van der Waals surface area contributed by atoms with Crippen LogP contribution in [0, 0.1) is 11.6 Å². The number of aromatic nitrogens is 3. The summed E-state index contributed by atoms with van der Waals surface area (Å²) in [4.78, 5) is 15.0. The molecule has 0 fully saturated rings. The number of rotatable bonds is 4. The fourth-order valence-electron chi connectivity index (χ4n) is 2.16. The third-order valence-corrected chi connectivity index (χ3v) is 3.19. The normalized spacial score (nSPS) is 10.7. The summed E-state index contributed by atoms with van der Waals surface area (Å²) in [7, 11) is 0. The van der Waals surface area contributed by atoms with Gasteiger partial charge in [-0.3, -0.25) is 14.5 Å². The third kappa shape index (κ3) is 3.23. The topological polar surface area (TPSA) is 68.0 Å². The van der Waals surface area contributed by atoms with Gasteiger partial charge in [-0.15, -0.1) is 0 Å². The minimum absolute atomic E-state index is 0.365. The van der Waals surface area contributed by atoms with Crippen molar-refractivity contribution in [1.82, 2.24) is 14.8 Å². The lowest BCUT2D eigenvalue weighted by atomic mass is 10.1. The summed E-state index contributed by atoms with van der Waals surface area (Å²) in [5.41, 5.74) is 1.95. The van der Waals surface area contributed by atoms with Crippen LogP contribution >= 0.6 is 0 Å². The maximum Gasteiger partial charge on any atom is 0.325 e. The highest BCUT2D eigenvalue weighted by Crippen LogP contribution is 2.25. The van der Waals surface area contributed by atoms with Gasteiger partial charge in [0.05, 0.1) is 23.3 Å². The van der Waals surface area contributed by atoms with Crippen LogP contribution in [0.4, 0.5) is 8.78 Å². The van der Waals surface area contributed by atoms with Gasteiger partial charge >= 0.3 is 5.97 Å². The van der Waals surface area contributed by atoms with Crippen molar-refractivity contribution < 1.29 is 18.7 Å². The molecule has 0 saturated heterocycles. The first-order valence-electron chi connectivity index (χ1n) is 6.70. The number of nitrogens with zero attached hydrogens (tertiary/aromatic N) is 3. The Hall–Kier alpha value is -3.09. The van der Waals surface area contributed by atoms with Crippen molar-refractivity contribution in [2.24, 2.45) is 0 Å². The zero-order chi connectivity index (χ0) is 16.4. The molecule has 0 saturated carbocycles. The molecule has 116 valence electrons. The molecule has 0 radical (unpaired) electrons. The first-order valence-corrected chi connectivity index (χ1v) is 6.70. The fraction of sp³-hybridized carbons (Fsp3) is 0.0625. The number of aliphatic carboxylic acids is 1. The second kappa shape index (κ2) is 5.96. The second-order valence-corrected chi connectivity index (χ2v) is 4.83. The summed E-state index contributed by atoms with van der Waals surface area (Å²) >= 11 is 0. The van der Waals surface area contributed by atoms with E-state index in [1.165, 1.54) is 28.9 Å². The number of halogens is 2. The van der Waals surface area contributed by atoms with Crippen molar-refractivity contribution in [3.05, 3.63) is 60.3 Å². The Morgan fingerprint density at radius 1 is 1.04 bits per heavy atom. The molecule has 0 atom stereocenters. The molecule has 7 heteroatoms. The highest BCUT2D eigenvalue weighted by atomic mass is 19.1. The lowest BCUT2D eigenvalue weighted by Crippen LogP contribution is -2.11. The summed E-state index contributed by atoms with van der Waals surface area (Å²) in [5, 5.41) is 13.2. The van der Waals surface area contributed by atoms with Crippen LogP contribution in [0.2, 0.25) is 0 Å². The van der Waals surface area contributed by atoms with Crippen molar-refractivity contribution in [3.8, 4) is 22.6 Å². The van der Waals surface area contributed by atoms with Crippen molar-refractivity contribution in [2.45, 2.75) is 6.54 Å². The lowest BCUT2D eigenvalue weighted by Gasteiger charge is -2.03. The zero-order valence-electron chi connectivity index (χ0n) is 11.8. The first-order chi connectivity index (χ1) is 11.0. The number of carbonyl (C=O) groups is 1. The van der Waals surface area contributed by atoms with Crippen molar-refractivity contribution in [1.29, 1.82) is 0 Å². The number of pyridine rings is 1. The van der Waals surface area contributed by atoms with Gasteiger partial charge in [0, 0.05) is 5.56 Å². The van der Waals surface area contributed by atoms with Crippen LogP contribution in [-0.2, 0) is 11.3 Å². The highest BCUT2D eigenvalue weighted by Gasteiger charge is 2.14. The lowest BCUT2D eigenvalue weighted by molar-refractivity contribution is -0.137. The first kappa shape index (κ1) is 14.8. The van der Waals surface area contributed by atoms with Crippen LogP contribution in [0.25, 0.3) is 22.6 Å². The number of carboxylic acids is 1. The van der Waals surface area contributed by atoms with Gasteiger partial charge in [-0.1, -0.05) is 0 Å². The Kier molecular flexibility index (Phi) is 3.84. The molecular weight excluding hydrogens is 304 g/mol. The molecule has 1 aromatic carbocycles. The van der Waals surface area contributed by atoms with E-state index in [-0.39, 0.29) is 12.4 Å². The SMILES string of the molecule is O=C(O)Cn1nc(-c2ccc(F)cc2)cc1-c1ccc(F)cn1. The van der Waals surface area contributed by atoms with Crippen molar-refractivity contribution >= 4 is 5.97 Å². The van der Waals surface area contributed by atoms with E-state index in [2.05, 4.69) is 10.1 Å². The Bertz CT molecular complexity index is 843. The molecule has 0 spiro atoms. The minimum Gasteiger partial charge on any atom is -0.480 e. The van der Waals surface area contributed by atoms with Crippen LogP contribution in [0.1, 0.15) is 0 Å². The molecule has 23 heavy (non-hydrogen) atoms. The molecule has 3 aromatic rings. The zero-order valence-corrected chi connectivity index (χ0v) is 11.8. The van der Waals surface area contributed by atoms with E-state index >= 15 is 0 Å². The number of hydrogen-bond acceptors (Lipinski definition) is 3. The average molecular weight is 315 g/mol. The summed E-state index contributed by atoms with van der Waals surface area (Å²) in [6, 6.07) is 9.99. The largest absolute Gasteiger partial charge is 0.480 e. The van der Waals surface area contributed by atoms with Crippen molar-refractivity contribution in [2.75, 3.05) is 0 Å². The Morgan fingerprint density at radius 2 is 1.74 bits per heavy atom. The van der Waals surface area contributed by atoms with Gasteiger partial charge < -0.3 is 5.11 Å². The molecule has 2 aromatic heterocycles. The van der Waals surface area contributed by atoms with E-state index < -0.39 is 11.8 Å². The van der Waals surface area contributed by atoms with Crippen LogP contribution in [-0.4, -0.2) is 25.8 Å². The summed E-state index contributed by atoms with van der Waals surface area (Å²) in [5.74, 6) is -1.93. The fourth-order valence-corrected chi connectivity index (χ4v) is 2.16. The third-order valence-electron chi connectivity index (χ3n) is 3.19. The standard InChI is InChI=1S/C16H11F2N3O2/c17-11-3-1-10(2-4-11)14-7-15(21(20-14)9-16(22)23)13-6-5-12(18)8-19-13/h1-8H,9H2,(H,22,23). The van der Waals surface area contributed by atoms with E-state index in [4.69, 9.17) is 5.11 Å². The minimum atomic E-state index is -1.07. The van der Waals surface area contributed by atoms with Crippen LogP contribution in [0.15, 0.2) is 48.7 Å². The Labute approximate surface area is 129 Å². The maximum atomic E-state index is 13.0. The number of benzene rings is 1. The molecule has 0 aliphatic rings. The van der Waals surface area contributed by atoms with Gasteiger partial charge in [-0.2, -0.15) is 5.10 Å². The number of carboxylic acid groups (broad SMARTS) is 1. The molecule has 0 aliphatic heterocycles. The van der Waals surface area contributed by atoms with E-state index in [9.17, 15) is 13.6 Å². The molecule has 0 bridgehead atoms. The van der Waals surface area contributed by atoms with Crippen LogP contribution in [0.3, 0.4) is 0 Å². The van der Waals surface area contributed by atoms with Crippen LogP contribution in [0.5, 0.6) is 0 Å². The highest BCUT2D eigenvalue weighted by molar-refractivity contribution is 5.71. The predicted molar refractivity (Wildman–Crippen MR) is 78.4 cm³/mol. The summed E-state index contributed by atoms with van der Waals surface area (Å²) in [6.07, 6.45) is 1.05. The maximum absolute atomic E-state index is 13.0. The van der Waals surface area contributed by atoms with E-state index in [0.717, 1.165) is 6.20 Å². The van der Waals surface area contributed by atoms with Gasteiger partial charge in [0.25, 0.3) is 0 Å². The van der Waals surface area contributed by atoms with Gasteiger partial charge in [0.15, 0.2) is 0 Å². The smallest absolute Gasteiger partial charge is 0.325 e. The molecule has 2 heterocycles. The molecule has 0 aliphatic carbocycles. The van der Waals surface area contributed by atoms with Gasteiger partial charge in [0.1, 0.15) is 18.2 Å². The Morgan fingerprint density at radius 3 is 2.35 bits per heavy atom. The summed E-state index contributed by atoms with van der Waals surface area (Å²) in [6.45, 7) is -0.365. The van der Waals surface area contributed by atoms with Crippen LogP contribution < -0.4 is 0 Å². The molecule has 0 unspecified atom stereocenters. The quantitative estimate of drug-likeness (QED) is 0.803. The molecule has 1 N–H and O–H groups in total. The summed E-state index contributed by atoms with van der Waals surface area (Å²) < 4.78 is 27.3. The second-order valence-electron chi connectivity index (χ2n) is 4.83. The molecule has 3 rings (SSSR count). The average Bonchev–Trinajstić information content (AvgIpc) is 2.92.